The Labute approximate surface area is 229 Å². The van der Waals surface area contributed by atoms with Crippen LogP contribution in [0.2, 0.25) is 0 Å². The van der Waals surface area contributed by atoms with Crippen molar-refractivity contribution in [1.29, 1.82) is 0 Å². The molecule has 188 valence electrons. The molecule has 0 saturated carbocycles. The third kappa shape index (κ3) is 4.52. The van der Waals surface area contributed by atoms with E-state index < -0.39 is 0 Å². The van der Waals surface area contributed by atoms with E-state index in [0.29, 0.717) is 11.8 Å². The Bertz CT molecular complexity index is 1730. The van der Waals surface area contributed by atoms with Crippen LogP contribution in [0, 0.1) is 0 Å². The predicted octanol–water partition coefficient (Wildman–Crippen LogP) is 10.5. The molecule has 0 aliphatic heterocycles. The Morgan fingerprint density at radius 3 is 1.82 bits per heavy atom. The molecule has 0 fully saturated rings. The van der Waals surface area contributed by atoms with Gasteiger partial charge in [-0.2, -0.15) is 0 Å². The number of benzene rings is 3. The molecule has 6 aromatic rings. The molecule has 0 aliphatic carbocycles. The monoisotopic (exact) mass is 512 g/mol. The minimum atomic E-state index is 0.338. The zero-order valence-electron chi connectivity index (χ0n) is 22.4. The van der Waals surface area contributed by atoms with Gasteiger partial charge in [0.05, 0.1) is 21.6 Å². The Balaban J connectivity index is 1.66. The standard InChI is InChI=1S/C35H32N2S/c1-5-23(4)34-16-17-35(38-34)33-19-27(25-14-10-7-11-15-25)29-20-31-28(21-32(29)37-33)26(18-30(36-31)22(2)3)24-12-8-6-9-13-24/h6-23H,5H2,1-4H3. The molecule has 3 aromatic heterocycles. The summed E-state index contributed by atoms with van der Waals surface area (Å²) < 4.78 is 0. The van der Waals surface area contributed by atoms with Gasteiger partial charge in [0.15, 0.2) is 0 Å². The second-order valence-electron chi connectivity index (χ2n) is 10.4. The van der Waals surface area contributed by atoms with Crippen molar-refractivity contribution in [3.05, 3.63) is 108 Å². The van der Waals surface area contributed by atoms with Crippen molar-refractivity contribution < 1.29 is 0 Å². The molecule has 0 radical (unpaired) electrons. The molecular formula is C35H32N2S. The van der Waals surface area contributed by atoms with E-state index in [9.17, 15) is 0 Å². The molecule has 1 unspecified atom stereocenters. The summed E-state index contributed by atoms with van der Waals surface area (Å²) in [5, 5.41) is 2.28. The van der Waals surface area contributed by atoms with Crippen molar-refractivity contribution in [2.75, 3.05) is 0 Å². The summed E-state index contributed by atoms with van der Waals surface area (Å²) in [6, 6.07) is 34.9. The average Bonchev–Trinajstić information content (AvgIpc) is 3.46. The first-order valence-electron chi connectivity index (χ1n) is 13.5. The van der Waals surface area contributed by atoms with Crippen molar-refractivity contribution >= 4 is 33.1 Å². The van der Waals surface area contributed by atoms with Gasteiger partial charge in [-0.15, -0.1) is 11.3 Å². The highest BCUT2D eigenvalue weighted by Gasteiger charge is 2.17. The molecule has 0 aliphatic rings. The third-order valence-corrected chi connectivity index (χ3v) is 8.84. The van der Waals surface area contributed by atoms with E-state index in [1.54, 1.807) is 0 Å². The van der Waals surface area contributed by atoms with Crippen molar-refractivity contribution in [3.63, 3.8) is 0 Å². The maximum Gasteiger partial charge on any atom is 0.0815 e. The van der Waals surface area contributed by atoms with Crippen molar-refractivity contribution in [3.8, 4) is 32.8 Å². The van der Waals surface area contributed by atoms with Crippen LogP contribution in [-0.2, 0) is 0 Å². The largest absolute Gasteiger partial charge is 0.253 e. The zero-order valence-corrected chi connectivity index (χ0v) is 23.2. The van der Waals surface area contributed by atoms with Crippen LogP contribution in [0.3, 0.4) is 0 Å². The molecule has 0 saturated heterocycles. The second-order valence-corrected chi connectivity index (χ2v) is 11.5. The molecule has 0 N–H and O–H groups in total. The maximum atomic E-state index is 5.26. The number of hydrogen-bond acceptors (Lipinski definition) is 3. The highest BCUT2D eigenvalue weighted by Crippen LogP contribution is 2.39. The highest BCUT2D eigenvalue weighted by molar-refractivity contribution is 7.15. The van der Waals surface area contributed by atoms with Crippen LogP contribution in [0.15, 0.2) is 97.1 Å². The first kappa shape index (κ1) is 24.5. The fraction of sp³-hybridized carbons (Fsp3) is 0.200. The lowest BCUT2D eigenvalue weighted by Gasteiger charge is -2.15. The summed E-state index contributed by atoms with van der Waals surface area (Å²) in [6.07, 6.45) is 1.14. The fourth-order valence-corrected chi connectivity index (χ4v) is 6.16. The van der Waals surface area contributed by atoms with E-state index in [1.807, 2.05) is 11.3 Å². The number of rotatable bonds is 6. The van der Waals surface area contributed by atoms with Crippen LogP contribution < -0.4 is 0 Å². The van der Waals surface area contributed by atoms with Gasteiger partial charge in [0, 0.05) is 21.3 Å². The Morgan fingerprint density at radius 2 is 1.24 bits per heavy atom. The highest BCUT2D eigenvalue weighted by atomic mass is 32.1. The summed E-state index contributed by atoms with van der Waals surface area (Å²) in [5.41, 5.74) is 8.97. The molecule has 1 atom stereocenters. The van der Waals surface area contributed by atoms with Gasteiger partial charge in [-0.3, -0.25) is 4.98 Å². The topological polar surface area (TPSA) is 25.8 Å². The smallest absolute Gasteiger partial charge is 0.0815 e. The molecular weight excluding hydrogens is 480 g/mol. The summed E-state index contributed by atoms with van der Waals surface area (Å²) in [7, 11) is 0. The molecule has 2 nitrogen and oxygen atoms in total. The number of aromatic nitrogens is 2. The molecule has 0 amide bonds. The van der Waals surface area contributed by atoms with Crippen LogP contribution in [-0.4, -0.2) is 9.97 Å². The molecule has 0 bridgehead atoms. The van der Waals surface area contributed by atoms with E-state index in [1.165, 1.54) is 32.0 Å². The number of thiophene rings is 1. The number of nitrogens with zero attached hydrogens (tertiary/aromatic N) is 2. The van der Waals surface area contributed by atoms with Crippen molar-refractivity contribution in [2.24, 2.45) is 0 Å². The van der Waals surface area contributed by atoms with Gasteiger partial charge in [0.2, 0.25) is 0 Å². The van der Waals surface area contributed by atoms with Gasteiger partial charge >= 0.3 is 0 Å². The Kier molecular flexibility index (Phi) is 6.55. The van der Waals surface area contributed by atoms with Crippen molar-refractivity contribution in [1.82, 2.24) is 9.97 Å². The Hall–Kier alpha value is -3.82. The number of fused-ring (bicyclic) bond motifs is 2. The van der Waals surface area contributed by atoms with Crippen LogP contribution in [0.1, 0.15) is 56.5 Å². The lowest BCUT2D eigenvalue weighted by atomic mass is 9.94. The van der Waals surface area contributed by atoms with Gasteiger partial charge in [-0.1, -0.05) is 88.4 Å². The first-order chi connectivity index (χ1) is 18.5. The van der Waals surface area contributed by atoms with Crippen LogP contribution in [0.5, 0.6) is 0 Å². The zero-order chi connectivity index (χ0) is 26.2. The van der Waals surface area contributed by atoms with Gasteiger partial charge in [-0.05, 0) is 76.9 Å². The SMILES string of the molecule is CCC(C)c1ccc(-c2cc(-c3ccccc3)c3cc4nc(C(C)C)cc(-c5ccccc5)c4cc3n2)s1. The maximum absolute atomic E-state index is 5.26. The second kappa shape index (κ2) is 10.2. The van der Waals surface area contributed by atoms with E-state index in [4.69, 9.17) is 9.97 Å². The van der Waals surface area contributed by atoms with E-state index in [-0.39, 0.29) is 0 Å². The van der Waals surface area contributed by atoms with Gasteiger partial charge < -0.3 is 0 Å². The molecule has 3 heteroatoms. The Morgan fingerprint density at radius 1 is 0.658 bits per heavy atom. The summed E-state index contributed by atoms with van der Waals surface area (Å²) in [6.45, 7) is 8.97. The van der Waals surface area contributed by atoms with E-state index >= 15 is 0 Å². The lowest BCUT2D eigenvalue weighted by molar-refractivity contribution is 0.748. The predicted molar refractivity (Wildman–Crippen MR) is 164 cm³/mol. The van der Waals surface area contributed by atoms with Crippen LogP contribution >= 0.6 is 11.3 Å². The van der Waals surface area contributed by atoms with Gasteiger partial charge in [-0.25, -0.2) is 4.98 Å². The fourth-order valence-electron chi connectivity index (χ4n) is 5.06. The third-order valence-electron chi connectivity index (χ3n) is 7.50. The number of hydrogen-bond donors (Lipinski definition) is 0. The quantitative estimate of drug-likeness (QED) is 0.207. The lowest BCUT2D eigenvalue weighted by Crippen LogP contribution is -1.97. The van der Waals surface area contributed by atoms with Gasteiger partial charge in [0.1, 0.15) is 0 Å². The van der Waals surface area contributed by atoms with E-state index in [0.717, 1.165) is 39.6 Å². The molecule has 6 rings (SSSR count). The summed E-state index contributed by atoms with van der Waals surface area (Å²) in [5.74, 6) is 0.895. The molecule has 3 heterocycles. The normalized spacial score (nSPS) is 12.4. The molecule has 38 heavy (non-hydrogen) atoms. The molecule has 0 spiro atoms. The minimum Gasteiger partial charge on any atom is -0.253 e. The molecule has 3 aromatic carbocycles. The summed E-state index contributed by atoms with van der Waals surface area (Å²) in [4.78, 5) is 13.0. The first-order valence-corrected chi connectivity index (χ1v) is 14.3. The average molecular weight is 513 g/mol. The van der Waals surface area contributed by atoms with Crippen molar-refractivity contribution in [2.45, 2.75) is 46.0 Å². The van der Waals surface area contributed by atoms with Crippen LogP contribution in [0.4, 0.5) is 0 Å². The summed E-state index contributed by atoms with van der Waals surface area (Å²) >= 11 is 1.87. The van der Waals surface area contributed by atoms with E-state index in [2.05, 4.69) is 125 Å². The van der Waals surface area contributed by atoms with Gasteiger partial charge in [0.25, 0.3) is 0 Å². The number of pyridine rings is 2. The van der Waals surface area contributed by atoms with Crippen LogP contribution in [0.25, 0.3) is 54.6 Å². The minimum absolute atomic E-state index is 0.338.